The maximum atomic E-state index is 13.0. The number of nitrogens with one attached hydrogen (secondary N) is 1. The van der Waals surface area contributed by atoms with Gasteiger partial charge in [0, 0.05) is 35.7 Å². The Morgan fingerprint density at radius 1 is 1.03 bits per heavy atom. The highest BCUT2D eigenvalue weighted by molar-refractivity contribution is 5.95. The van der Waals surface area contributed by atoms with Gasteiger partial charge < -0.3 is 19.3 Å². The Bertz CT molecular complexity index is 1320. The van der Waals surface area contributed by atoms with E-state index in [1.54, 1.807) is 32.4 Å². The van der Waals surface area contributed by atoms with Crippen LogP contribution < -0.4 is 14.8 Å². The molecule has 0 aliphatic carbocycles. The van der Waals surface area contributed by atoms with Crippen molar-refractivity contribution in [3.05, 3.63) is 99.9 Å². The van der Waals surface area contributed by atoms with E-state index in [1.165, 1.54) is 24.3 Å². The van der Waals surface area contributed by atoms with Crippen molar-refractivity contribution in [2.24, 2.45) is 0 Å². The van der Waals surface area contributed by atoms with Crippen molar-refractivity contribution in [1.29, 1.82) is 0 Å². The van der Waals surface area contributed by atoms with Crippen LogP contribution >= 0.6 is 0 Å². The fourth-order valence-electron chi connectivity index (χ4n) is 3.48. The minimum Gasteiger partial charge on any atom is -0.497 e. The molecule has 1 N–H and O–H groups in total. The quantitative estimate of drug-likeness (QED) is 0.279. The molecule has 1 atom stereocenters. The summed E-state index contributed by atoms with van der Waals surface area (Å²) in [6.07, 6.45) is 0.366. The standard InChI is InChI=1S/C25H22N4O6/c1-33-20-13-18(14-21(15-20)34-2)23-27-25(35-28-23)22(11-16-7-4-3-5-8-16)26-24(30)17-9-6-10-19(12-17)29(31)32/h3-10,12-15,22H,11H2,1-2H3,(H,26,30)/t22-/m1/s1. The molecule has 1 amide bonds. The summed E-state index contributed by atoms with van der Waals surface area (Å²) in [7, 11) is 3.08. The molecular weight excluding hydrogens is 452 g/mol. The van der Waals surface area contributed by atoms with Crippen molar-refractivity contribution in [3.8, 4) is 22.9 Å². The molecule has 1 aromatic heterocycles. The van der Waals surface area contributed by atoms with Gasteiger partial charge >= 0.3 is 0 Å². The molecule has 1 heterocycles. The van der Waals surface area contributed by atoms with Crippen LogP contribution in [0.4, 0.5) is 5.69 Å². The number of nitrogens with zero attached hydrogens (tertiary/aromatic N) is 3. The molecule has 35 heavy (non-hydrogen) atoms. The van der Waals surface area contributed by atoms with Gasteiger partial charge in [0.05, 0.1) is 19.1 Å². The van der Waals surface area contributed by atoms with E-state index in [9.17, 15) is 14.9 Å². The number of carbonyl (C=O) groups is 1. The zero-order valence-corrected chi connectivity index (χ0v) is 19.0. The molecule has 0 saturated carbocycles. The third kappa shape index (κ3) is 5.61. The van der Waals surface area contributed by atoms with Crippen molar-refractivity contribution >= 4 is 11.6 Å². The molecule has 0 aliphatic rings. The maximum Gasteiger partial charge on any atom is 0.270 e. The second kappa shape index (κ2) is 10.5. The van der Waals surface area contributed by atoms with Crippen LogP contribution in [0.1, 0.15) is 27.9 Å². The lowest BCUT2D eigenvalue weighted by molar-refractivity contribution is -0.384. The second-order valence-electron chi connectivity index (χ2n) is 7.58. The van der Waals surface area contributed by atoms with Gasteiger partial charge in [-0.15, -0.1) is 0 Å². The van der Waals surface area contributed by atoms with Gasteiger partial charge in [-0.3, -0.25) is 14.9 Å². The van der Waals surface area contributed by atoms with Gasteiger partial charge in [-0.25, -0.2) is 0 Å². The number of ether oxygens (including phenoxy) is 2. The van der Waals surface area contributed by atoms with Crippen LogP contribution in [-0.4, -0.2) is 35.2 Å². The maximum absolute atomic E-state index is 13.0. The van der Waals surface area contributed by atoms with Gasteiger partial charge in [-0.1, -0.05) is 41.6 Å². The Morgan fingerprint density at radius 2 is 1.74 bits per heavy atom. The minimum atomic E-state index is -0.682. The fourth-order valence-corrected chi connectivity index (χ4v) is 3.48. The van der Waals surface area contributed by atoms with Gasteiger partial charge in [0.25, 0.3) is 11.6 Å². The molecule has 0 aliphatic heterocycles. The van der Waals surface area contributed by atoms with Gasteiger partial charge in [0.1, 0.15) is 17.5 Å². The van der Waals surface area contributed by atoms with Crippen LogP contribution in [-0.2, 0) is 6.42 Å². The largest absolute Gasteiger partial charge is 0.497 e. The Morgan fingerprint density at radius 3 is 2.40 bits per heavy atom. The molecule has 0 bridgehead atoms. The van der Waals surface area contributed by atoms with Gasteiger partial charge in [0.2, 0.25) is 11.7 Å². The SMILES string of the molecule is COc1cc(OC)cc(-c2noc([C@@H](Cc3ccccc3)NC(=O)c3cccc([N+](=O)[O-])c3)n2)c1. The summed E-state index contributed by atoms with van der Waals surface area (Å²) in [4.78, 5) is 28.1. The number of hydrogen-bond donors (Lipinski definition) is 1. The molecule has 4 rings (SSSR count). The first-order valence-electron chi connectivity index (χ1n) is 10.6. The van der Waals surface area contributed by atoms with E-state index >= 15 is 0 Å². The molecule has 0 fully saturated rings. The number of carbonyl (C=O) groups excluding carboxylic acids is 1. The Kier molecular flexibility index (Phi) is 7.01. The van der Waals surface area contributed by atoms with E-state index in [1.807, 2.05) is 30.3 Å². The van der Waals surface area contributed by atoms with Crippen molar-refractivity contribution in [2.45, 2.75) is 12.5 Å². The average Bonchev–Trinajstić information content (AvgIpc) is 3.39. The van der Waals surface area contributed by atoms with Crippen molar-refractivity contribution in [2.75, 3.05) is 14.2 Å². The Hall–Kier alpha value is -4.73. The smallest absolute Gasteiger partial charge is 0.270 e. The fraction of sp³-hybridized carbons (Fsp3) is 0.160. The Balaban J connectivity index is 1.65. The highest BCUT2D eigenvalue weighted by atomic mass is 16.6. The third-order valence-corrected chi connectivity index (χ3v) is 5.26. The summed E-state index contributed by atoms with van der Waals surface area (Å²) >= 11 is 0. The number of methoxy groups -OCH3 is 2. The van der Waals surface area contributed by atoms with Crippen LogP contribution in [0, 0.1) is 10.1 Å². The van der Waals surface area contributed by atoms with Gasteiger partial charge in [-0.05, 0) is 23.8 Å². The lowest BCUT2D eigenvalue weighted by Gasteiger charge is -2.15. The number of nitro benzene ring substituents is 1. The van der Waals surface area contributed by atoms with E-state index < -0.39 is 16.9 Å². The van der Waals surface area contributed by atoms with Crippen LogP contribution in [0.3, 0.4) is 0 Å². The molecule has 4 aromatic rings. The highest BCUT2D eigenvalue weighted by Crippen LogP contribution is 2.29. The number of amides is 1. The number of hydrogen-bond acceptors (Lipinski definition) is 8. The van der Waals surface area contributed by atoms with Crippen molar-refractivity contribution in [3.63, 3.8) is 0 Å². The number of nitro groups is 1. The van der Waals surface area contributed by atoms with Crippen LogP contribution in [0.2, 0.25) is 0 Å². The van der Waals surface area contributed by atoms with Gasteiger partial charge in [0.15, 0.2) is 0 Å². The normalized spacial score (nSPS) is 11.5. The number of non-ortho nitro benzene ring substituents is 1. The topological polar surface area (TPSA) is 130 Å². The predicted octanol–water partition coefficient (Wildman–Crippen LogP) is 4.38. The summed E-state index contributed by atoms with van der Waals surface area (Å²) < 4.78 is 16.2. The lowest BCUT2D eigenvalue weighted by atomic mass is 10.0. The number of rotatable bonds is 9. The summed E-state index contributed by atoms with van der Waals surface area (Å²) in [5.41, 5.74) is 1.51. The lowest BCUT2D eigenvalue weighted by Crippen LogP contribution is -2.30. The van der Waals surface area contributed by atoms with E-state index in [4.69, 9.17) is 14.0 Å². The van der Waals surface area contributed by atoms with E-state index in [0.29, 0.717) is 29.3 Å². The highest BCUT2D eigenvalue weighted by Gasteiger charge is 2.24. The van der Waals surface area contributed by atoms with Crippen molar-refractivity contribution < 1.29 is 23.7 Å². The van der Waals surface area contributed by atoms with E-state index in [0.717, 1.165) is 5.56 Å². The van der Waals surface area contributed by atoms with E-state index in [2.05, 4.69) is 15.5 Å². The first-order chi connectivity index (χ1) is 17.0. The van der Waals surface area contributed by atoms with Crippen LogP contribution in [0.25, 0.3) is 11.4 Å². The van der Waals surface area contributed by atoms with Crippen LogP contribution in [0.15, 0.2) is 77.3 Å². The summed E-state index contributed by atoms with van der Waals surface area (Å²) in [6, 6.07) is 19.5. The van der Waals surface area contributed by atoms with Gasteiger partial charge in [-0.2, -0.15) is 4.98 Å². The molecule has 0 saturated heterocycles. The number of benzene rings is 3. The number of aromatic nitrogens is 2. The summed E-state index contributed by atoms with van der Waals surface area (Å²) in [5, 5.41) is 18.1. The minimum absolute atomic E-state index is 0.148. The van der Waals surface area contributed by atoms with Crippen LogP contribution in [0.5, 0.6) is 11.5 Å². The zero-order valence-electron chi connectivity index (χ0n) is 19.0. The first kappa shape index (κ1) is 23.4. The second-order valence-corrected chi connectivity index (χ2v) is 7.58. The molecule has 0 unspecified atom stereocenters. The zero-order chi connectivity index (χ0) is 24.8. The average molecular weight is 474 g/mol. The molecule has 178 valence electrons. The molecule has 0 radical (unpaired) electrons. The molecule has 0 spiro atoms. The van der Waals surface area contributed by atoms with Crippen molar-refractivity contribution in [1.82, 2.24) is 15.5 Å². The summed E-state index contributed by atoms with van der Waals surface area (Å²) in [5.74, 6) is 1.10. The third-order valence-electron chi connectivity index (χ3n) is 5.26. The Labute approximate surface area is 200 Å². The molecule has 3 aromatic carbocycles. The summed E-state index contributed by atoms with van der Waals surface area (Å²) in [6.45, 7) is 0. The predicted molar refractivity (Wildman–Crippen MR) is 126 cm³/mol. The molecule has 10 heteroatoms. The first-order valence-corrected chi connectivity index (χ1v) is 10.6. The molecule has 10 nitrogen and oxygen atoms in total. The van der Waals surface area contributed by atoms with E-state index in [-0.39, 0.29) is 17.1 Å². The molecular formula is C25H22N4O6. The monoisotopic (exact) mass is 474 g/mol.